The Morgan fingerprint density at radius 3 is 2.47 bits per heavy atom. The van der Waals surface area contributed by atoms with Gasteiger partial charge in [0.25, 0.3) is 5.69 Å². The maximum Gasteiger partial charge on any atom is 0.348 e. The molecule has 0 saturated heterocycles. The SMILES string of the molecule is N#Cc1cc(-c2nc(-c3ccc([N+](=O)[O-])cc3)c(C(=O)O)s2)ccc1OC1CCCCC1. The Morgan fingerprint density at radius 2 is 1.84 bits per heavy atom. The molecule has 1 saturated carbocycles. The van der Waals surface area contributed by atoms with Crippen molar-refractivity contribution in [3.05, 3.63) is 63.0 Å². The molecule has 0 spiro atoms. The first-order valence-corrected chi connectivity index (χ1v) is 11.0. The van der Waals surface area contributed by atoms with E-state index in [-0.39, 0.29) is 22.4 Å². The zero-order valence-corrected chi connectivity index (χ0v) is 17.8. The fourth-order valence-corrected chi connectivity index (χ4v) is 4.66. The minimum Gasteiger partial charge on any atom is -0.489 e. The quantitative estimate of drug-likeness (QED) is 0.379. The van der Waals surface area contributed by atoms with E-state index in [2.05, 4.69) is 11.1 Å². The second-order valence-electron chi connectivity index (χ2n) is 7.51. The van der Waals surface area contributed by atoms with Crippen molar-refractivity contribution >= 4 is 23.0 Å². The molecule has 8 nitrogen and oxygen atoms in total. The Balaban J connectivity index is 1.67. The summed E-state index contributed by atoms with van der Waals surface area (Å²) in [4.78, 5) is 26.7. The molecule has 0 atom stereocenters. The van der Waals surface area contributed by atoms with Crippen LogP contribution in [-0.4, -0.2) is 27.1 Å². The molecular formula is C23H19N3O5S. The molecule has 1 heterocycles. The first-order valence-electron chi connectivity index (χ1n) is 10.2. The molecule has 0 radical (unpaired) electrons. The molecule has 2 aromatic carbocycles. The number of nitro benzene ring substituents is 1. The molecule has 1 aliphatic carbocycles. The number of rotatable bonds is 6. The third-order valence-corrected chi connectivity index (χ3v) is 6.46. The fourth-order valence-electron chi connectivity index (χ4n) is 3.74. The summed E-state index contributed by atoms with van der Waals surface area (Å²) in [6, 6.07) is 12.9. The van der Waals surface area contributed by atoms with Crippen molar-refractivity contribution in [1.82, 2.24) is 4.98 Å². The van der Waals surface area contributed by atoms with Crippen LogP contribution in [0.5, 0.6) is 5.75 Å². The molecular weight excluding hydrogens is 430 g/mol. The number of nitriles is 1. The summed E-state index contributed by atoms with van der Waals surface area (Å²) in [7, 11) is 0. The Morgan fingerprint density at radius 1 is 1.16 bits per heavy atom. The van der Waals surface area contributed by atoms with E-state index >= 15 is 0 Å². The summed E-state index contributed by atoms with van der Waals surface area (Å²) < 4.78 is 6.05. The number of nitrogens with zero attached hydrogens (tertiary/aromatic N) is 3. The highest BCUT2D eigenvalue weighted by Gasteiger charge is 2.22. The molecule has 3 aromatic rings. The zero-order chi connectivity index (χ0) is 22.7. The topological polar surface area (TPSA) is 126 Å². The van der Waals surface area contributed by atoms with Crippen molar-refractivity contribution in [3.8, 4) is 33.6 Å². The summed E-state index contributed by atoms with van der Waals surface area (Å²) >= 11 is 0.992. The van der Waals surface area contributed by atoms with Crippen LogP contribution in [0, 0.1) is 21.4 Å². The number of carboxylic acids is 1. The Bertz CT molecular complexity index is 1210. The van der Waals surface area contributed by atoms with Gasteiger partial charge in [0.15, 0.2) is 0 Å². The fraction of sp³-hybridized carbons (Fsp3) is 0.261. The number of thiazole rings is 1. The summed E-state index contributed by atoms with van der Waals surface area (Å²) in [6.45, 7) is 0. The molecule has 0 unspecified atom stereocenters. The Labute approximate surface area is 187 Å². The highest BCUT2D eigenvalue weighted by Crippen LogP contribution is 2.36. The Kier molecular flexibility index (Phi) is 6.14. The van der Waals surface area contributed by atoms with Gasteiger partial charge in [-0.05, 0) is 56.0 Å². The van der Waals surface area contributed by atoms with Gasteiger partial charge < -0.3 is 9.84 Å². The lowest BCUT2D eigenvalue weighted by atomic mass is 9.97. The number of nitro groups is 1. The summed E-state index contributed by atoms with van der Waals surface area (Å²) in [6.07, 6.45) is 5.49. The molecule has 162 valence electrons. The van der Waals surface area contributed by atoms with E-state index in [9.17, 15) is 25.3 Å². The Hall–Kier alpha value is -3.77. The van der Waals surface area contributed by atoms with E-state index in [0.29, 0.717) is 27.4 Å². The molecule has 1 aromatic heterocycles. The van der Waals surface area contributed by atoms with Crippen LogP contribution in [0.3, 0.4) is 0 Å². The summed E-state index contributed by atoms with van der Waals surface area (Å²) in [5.41, 5.74) is 1.59. The van der Waals surface area contributed by atoms with Gasteiger partial charge >= 0.3 is 5.97 Å². The molecule has 1 aliphatic rings. The number of carbonyl (C=O) groups is 1. The standard InChI is InChI=1S/C23H19N3O5S/c24-13-16-12-15(8-11-19(16)31-18-4-2-1-3-5-18)22-25-20(21(32-22)23(27)28)14-6-9-17(10-7-14)26(29)30/h6-12,18H,1-5H2,(H,27,28). The zero-order valence-electron chi connectivity index (χ0n) is 17.0. The van der Waals surface area contributed by atoms with Crippen molar-refractivity contribution < 1.29 is 19.6 Å². The highest BCUT2D eigenvalue weighted by molar-refractivity contribution is 7.17. The van der Waals surface area contributed by atoms with E-state index in [1.54, 1.807) is 18.2 Å². The maximum atomic E-state index is 11.8. The average Bonchev–Trinajstić information content (AvgIpc) is 3.26. The van der Waals surface area contributed by atoms with E-state index < -0.39 is 10.9 Å². The monoisotopic (exact) mass is 449 g/mol. The van der Waals surface area contributed by atoms with Crippen molar-refractivity contribution in [2.45, 2.75) is 38.2 Å². The van der Waals surface area contributed by atoms with Crippen LogP contribution < -0.4 is 4.74 Å². The third kappa shape index (κ3) is 4.45. The van der Waals surface area contributed by atoms with Gasteiger partial charge in [-0.1, -0.05) is 6.42 Å². The lowest BCUT2D eigenvalue weighted by molar-refractivity contribution is -0.384. The van der Waals surface area contributed by atoms with Gasteiger partial charge in [-0.2, -0.15) is 5.26 Å². The molecule has 9 heteroatoms. The first kappa shape index (κ1) is 21.5. The molecule has 32 heavy (non-hydrogen) atoms. The number of hydrogen-bond acceptors (Lipinski definition) is 7. The van der Waals surface area contributed by atoms with Crippen LogP contribution in [0.4, 0.5) is 5.69 Å². The van der Waals surface area contributed by atoms with E-state index in [1.807, 2.05) is 0 Å². The van der Waals surface area contributed by atoms with Crippen LogP contribution in [0.25, 0.3) is 21.8 Å². The highest BCUT2D eigenvalue weighted by atomic mass is 32.1. The van der Waals surface area contributed by atoms with Crippen LogP contribution in [0.2, 0.25) is 0 Å². The van der Waals surface area contributed by atoms with Crippen molar-refractivity contribution in [2.24, 2.45) is 0 Å². The van der Waals surface area contributed by atoms with Gasteiger partial charge in [0.2, 0.25) is 0 Å². The lowest BCUT2D eigenvalue weighted by Crippen LogP contribution is -2.20. The van der Waals surface area contributed by atoms with Gasteiger partial charge in [0.05, 0.1) is 22.3 Å². The third-order valence-electron chi connectivity index (χ3n) is 5.37. The summed E-state index contributed by atoms with van der Waals surface area (Å²) in [5, 5.41) is 30.6. The average molecular weight is 449 g/mol. The molecule has 0 bridgehead atoms. The lowest BCUT2D eigenvalue weighted by Gasteiger charge is -2.23. The van der Waals surface area contributed by atoms with E-state index in [4.69, 9.17) is 4.74 Å². The van der Waals surface area contributed by atoms with Gasteiger partial charge in [0, 0.05) is 23.3 Å². The maximum absolute atomic E-state index is 11.8. The minimum atomic E-state index is -1.14. The first-order chi connectivity index (χ1) is 15.5. The number of benzene rings is 2. The number of aromatic carboxylic acids is 1. The summed E-state index contributed by atoms with van der Waals surface area (Å²) in [5.74, 6) is -0.617. The van der Waals surface area contributed by atoms with Gasteiger partial charge in [-0.25, -0.2) is 9.78 Å². The molecule has 0 amide bonds. The van der Waals surface area contributed by atoms with Crippen molar-refractivity contribution in [1.29, 1.82) is 5.26 Å². The van der Waals surface area contributed by atoms with E-state index in [1.165, 1.54) is 30.7 Å². The van der Waals surface area contributed by atoms with Crippen LogP contribution in [0.15, 0.2) is 42.5 Å². The smallest absolute Gasteiger partial charge is 0.348 e. The minimum absolute atomic E-state index is 0.0230. The normalized spacial score (nSPS) is 14.0. The van der Waals surface area contributed by atoms with Crippen molar-refractivity contribution in [3.63, 3.8) is 0 Å². The second-order valence-corrected chi connectivity index (χ2v) is 8.51. The van der Waals surface area contributed by atoms with Gasteiger partial charge in [0.1, 0.15) is 21.7 Å². The number of non-ortho nitro benzene ring substituents is 1. The molecule has 1 N–H and O–H groups in total. The van der Waals surface area contributed by atoms with Gasteiger partial charge in [-0.15, -0.1) is 11.3 Å². The van der Waals surface area contributed by atoms with Crippen LogP contribution >= 0.6 is 11.3 Å². The number of hydrogen-bond donors (Lipinski definition) is 1. The van der Waals surface area contributed by atoms with E-state index in [0.717, 1.165) is 37.0 Å². The van der Waals surface area contributed by atoms with Gasteiger partial charge in [-0.3, -0.25) is 10.1 Å². The number of ether oxygens (including phenoxy) is 1. The van der Waals surface area contributed by atoms with Crippen LogP contribution in [-0.2, 0) is 0 Å². The van der Waals surface area contributed by atoms with Crippen molar-refractivity contribution in [2.75, 3.05) is 0 Å². The number of carboxylic acid groups (broad SMARTS) is 1. The van der Waals surface area contributed by atoms with Crippen LogP contribution in [0.1, 0.15) is 47.3 Å². The molecule has 1 fully saturated rings. The predicted molar refractivity (Wildman–Crippen MR) is 119 cm³/mol. The molecule has 4 rings (SSSR count). The molecule has 0 aliphatic heterocycles. The second kappa shape index (κ2) is 9.16. The predicted octanol–water partition coefficient (Wildman–Crippen LogP) is 5.67. The number of aromatic nitrogens is 1. The largest absolute Gasteiger partial charge is 0.489 e.